The van der Waals surface area contributed by atoms with Crippen molar-refractivity contribution in [2.24, 2.45) is 5.73 Å². The van der Waals surface area contributed by atoms with Crippen LogP contribution in [0.2, 0.25) is 0 Å². The molecule has 1 aromatic heterocycles. The fraction of sp³-hybridized carbons (Fsp3) is 0.231. The molecule has 0 spiro atoms. The third-order valence-corrected chi connectivity index (χ3v) is 5.14. The van der Waals surface area contributed by atoms with E-state index in [0.717, 1.165) is 20.8 Å². The van der Waals surface area contributed by atoms with E-state index in [1.54, 1.807) is 0 Å². The van der Waals surface area contributed by atoms with Gasteiger partial charge in [-0.15, -0.1) is 11.3 Å². The van der Waals surface area contributed by atoms with Gasteiger partial charge in [-0.2, -0.15) is 13.2 Å². The van der Waals surface area contributed by atoms with E-state index in [-0.39, 0.29) is 0 Å². The fourth-order valence-electron chi connectivity index (χ4n) is 1.79. The highest BCUT2D eigenvalue weighted by atomic mass is 79.9. The highest BCUT2D eigenvalue weighted by molar-refractivity contribution is 9.11. The second kappa shape index (κ2) is 6.17. The maximum absolute atomic E-state index is 12.7. The first-order valence-corrected chi connectivity index (χ1v) is 8.04. The van der Waals surface area contributed by atoms with Crippen molar-refractivity contribution in [3.05, 3.63) is 54.6 Å². The Hall–Kier alpha value is -0.370. The molecule has 108 valence electrons. The lowest BCUT2D eigenvalue weighted by Crippen LogP contribution is -2.15. The van der Waals surface area contributed by atoms with Gasteiger partial charge in [0.05, 0.1) is 9.35 Å². The Morgan fingerprint density at radius 2 is 1.85 bits per heavy atom. The standard InChI is InChI=1S/C13H10Br2F3NS/c14-10-3-1-7(13(16,17)18)5-9(10)11(19)6-8-2-4-12(15)20-8/h1-5,11H,6,19H2. The number of halogens is 5. The van der Waals surface area contributed by atoms with Crippen LogP contribution < -0.4 is 5.73 Å². The van der Waals surface area contributed by atoms with Crippen molar-refractivity contribution in [2.75, 3.05) is 0 Å². The summed E-state index contributed by atoms with van der Waals surface area (Å²) in [6, 6.07) is 6.86. The van der Waals surface area contributed by atoms with Gasteiger partial charge in [0.15, 0.2) is 0 Å². The summed E-state index contributed by atoms with van der Waals surface area (Å²) in [5.74, 6) is 0. The largest absolute Gasteiger partial charge is 0.416 e. The number of hydrogen-bond donors (Lipinski definition) is 1. The molecule has 20 heavy (non-hydrogen) atoms. The summed E-state index contributed by atoms with van der Waals surface area (Å²) in [7, 11) is 0. The first kappa shape index (κ1) is 16.0. The molecule has 1 atom stereocenters. The maximum Gasteiger partial charge on any atom is 0.416 e. The molecular formula is C13H10Br2F3NS. The lowest BCUT2D eigenvalue weighted by atomic mass is 10.0. The molecule has 2 N–H and O–H groups in total. The molecule has 2 aromatic rings. The van der Waals surface area contributed by atoms with E-state index in [0.29, 0.717) is 16.5 Å². The Labute approximate surface area is 135 Å². The summed E-state index contributed by atoms with van der Waals surface area (Å²) in [6.45, 7) is 0. The molecular weight excluding hydrogens is 419 g/mol. The van der Waals surface area contributed by atoms with Crippen LogP contribution in [0.1, 0.15) is 22.0 Å². The monoisotopic (exact) mass is 427 g/mol. The van der Waals surface area contributed by atoms with Gasteiger partial charge in [-0.25, -0.2) is 0 Å². The van der Waals surface area contributed by atoms with E-state index in [2.05, 4.69) is 31.9 Å². The summed E-state index contributed by atoms with van der Waals surface area (Å²) in [4.78, 5) is 1.02. The highest BCUT2D eigenvalue weighted by Crippen LogP contribution is 2.35. The minimum atomic E-state index is -4.36. The van der Waals surface area contributed by atoms with Crippen LogP contribution in [0.25, 0.3) is 0 Å². The average molecular weight is 429 g/mol. The van der Waals surface area contributed by atoms with Crippen molar-refractivity contribution in [1.29, 1.82) is 0 Å². The van der Waals surface area contributed by atoms with E-state index in [9.17, 15) is 13.2 Å². The van der Waals surface area contributed by atoms with Crippen molar-refractivity contribution >= 4 is 43.2 Å². The first-order valence-electron chi connectivity index (χ1n) is 5.64. The molecule has 0 radical (unpaired) electrons. The molecule has 0 aliphatic heterocycles. The van der Waals surface area contributed by atoms with Gasteiger partial charge in [0.1, 0.15) is 0 Å². The molecule has 2 rings (SSSR count). The van der Waals surface area contributed by atoms with Crippen molar-refractivity contribution in [2.45, 2.75) is 18.6 Å². The molecule has 0 amide bonds. The van der Waals surface area contributed by atoms with Crippen LogP contribution >= 0.6 is 43.2 Å². The predicted molar refractivity (Wildman–Crippen MR) is 81.8 cm³/mol. The average Bonchev–Trinajstić information content (AvgIpc) is 2.73. The molecule has 1 nitrogen and oxygen atoms in total. The van der Waals surface area contributed by atoms with E-state index in [1.165, 1.54) is 17.4 Å². The third kappa shape index (κ3) is 3.84. The quantitative estimate of drug-likeness (QED) is 0.682. The van der Waals surface area contributed by atoms with E-state index in [1.807, 2.05) is 12.1 Å². The normalized spacial score (nSPS) is 13.5. The number of thiophene rings is 1. The van der Waals surface area contributed by atoms with Gasteiger partial charge in [-0.1, -0.05) is 15.9 Å². The number of rotatable bonds is 3. The van der Waals surface area contributed by atoms with Crippen LogP contribution in [0.4, 0.5) is 13.2 Å². The van der Waals surface area contributed by atoms with Crippen LogP contribution in [0.15, 0.2) is 38.6 Å². The zero-order valence-electron chi connectivity index (χ0n) is 10.0. The summed E-state index contributed by atoms with van der Waals surface area (Å²) in [5, 5.41) is 0. The molecule has 0 fully saturated rings. The van der Waals surface area contributed by atoms with Gasteiger partial charge in [0.2, 0.25) is 0 Å². The molecule has 0 saturated carbocycles. The zero-order chi connectivity index (χ0) is 14.9. The molecule has 1 heterocycles. The Morgan fingerprint density at radius 3 is 2.40 bits per heavy atom. The molecule has 1 unspecified atom stereocenters. The lowest BCUT2D eigenvalue weighted by molar-refractivity contribution is -0.137. The lowest BCUT2D eigenvalue weighted by Gasteiger charge is -2.16. The highest BCUT2D eigenvalue weighted by Gasteiger charge is 2.31. The Balaban J connectivity index is 2.27. The van der Waals surface area contributed by atoms with Crippen LogP contribution in [-0.2, 0) is 12.6 Å². The van der Waals surface area contributed by atoms with Crippen molar-refractivity contribution in [3.63, 3.8) is 0 Å². The van der Waals surface area contributed by atoms with Gasteiger partial charge < -0.3 is 5.73 Å². The van der Waals surface area contributed by atoms with Crippen LogP contribution in [0, 0.1) is 0 Å². The number of hydrogen-bond acceptors (Lipinski definition) is 2. The maximum atomic E-state index is 12.7. The summed E-state index contributed by atoms with van der Waals surface area (Å²) >= 11 is 8.14. The Bertz CT molecular complexity index is 610. The van der Waals surface area contributed by atoms with Gasteiger partial charge in [0, 0.05) is 21.8 Å². The number of alkyl halides is 3. The third-order valence-electron chi connectivity index (χ3n) is 2.77. The number of benzene rings is 1. The van der Waals surface area contributed by atoms with Crippen LogP contribution in [-0.4, -0.2) is 0 Å². The SMILES string of the molecule is NC(Cc1ccc(Br)s1)c1cc(C(F)(F)F)ccc1Br. The Kier molecular flexibility index (Phi) is 4.94. The predicted octanol–water partition coefficient (Wildman–Crippen LogP) is 5.53. The number of nitrogens with two attached hydrogens (primary N) is 1. The topological polar surface area (TPSA) is 26.0 Å². The van der Waals surface area contributed by atoms with Gasteiger partial charge in [0.25, 0.3) is 0 Å². The Morgan fingerprint density at radius 1 is 1.15 bits per heavy atom. The minimum Gasteiger partial charge on any atom is -0.324 e. The molecule has 0 bridgehead atoms. The van der Waals surface area contributed by atoms with Crippen LogP contribution in [0.5, 0.6) is 0 Å². The van der Waals surface area contributed by atoms with E-state index in [4.69, 9.17) is 5.73 Å². The van der Waals surface area contributed by atoms with Gasteiger partial charge >= 0.3 is 6.18 Å². The van der Waals surface area contributed by atoms with E-state index < -0.39 is 17.8 Å². The fourth-order valence-corrected chi connectivity index (χ4v) is 3.87. The smallest absolute Gasteiger partial charge is 0.324 e. The van der Waals surface area contributed by atoms with Crippen molar-refractivity contribution < 1.29 is 13.2 Å². The summed E-state index contributed by atoms with van der Waals surface area (Å²) in [6.07, 6.45) is -3.86. The summed E-state index contributed by atoms with van der Waals surface area (Å²) < 4.78 is 39.8. The van der Waals surface area contributed by atoms with Gasteiger partial charge in [-0.3, -0.25) is 0 Å². The summed E-state index contributed by atoms with van der Waals surface area (Å²) in [5.41, 5.74) is 5.82. The van der Waals surface area contributed by atoms with Crippen LogP contribution in [0.3, 0.4) is 0 Å². The van der Waals surface area contributed by atoms with Gasteiger partial charge in [-0.05, 0) is 51.8 Å². The second-order valence-corrected chi connectivity index (χ2v) is 7.65. The molecule has 1 aromatic carbocycles. The molecule has 0 aliphatic carbocycles. The first-order chi connectivity index (χ1) is 9.27. The van der Waals surface area contributed by atoms with Crippen molar-refractivity contribution in [1.82, 2.24) is 0 Å². The van der Waals surface area contributed by atoms with E-state index >= 15 is 0 Å². The zero-order valence-corrected chi connectivity index (χ0v) is 14.0. The molecule has 0 aliphatic rings. The molecule has 7 heteroatoms. The second-order valence-electron chi connectivity index (χ2n) is 4.25. The minimum absolute atomic E-state index is 0.462. The van der Waals surface area contributed by atoms with Crippen molar-refractivity contribution in [3.8, 4) is 0 Å². The molecule has 0 saturated heterocycles.